The highest BCUT2D eigenvalue weighted by Crippen LogP contribution is 2.34. The van der Waals surface area contributed by atoms with Crippen molar-refractivity contribution in [3.63, 3.8) is 0 Å². The lowest BCUT2D eigenvalue weighted by molar-refractivity contribution is 0.192. The van der Waals surface area contributed by atoms with Gasteiger partial charge in [-0.1, -0.05) is 0 Å². The average molecular weight is 345 g/mol. The topological polar surface area (TPSA) is 57.5 Å². The van der Waals surface area contributed by atoms with Crippen molar-refractivity contribution in [2.75, 3.05) is 33.5 Å². The van der Waals surface area contributed by atoms with Gasteiger partial charge in [0.1, 0.15) is 0 Å². The molecule has 2 heterocycles. The molecule has 0 atom stereocenters. The van der Waals surface area contributed by atoms with Gasteiger partial charge in [-0.2, -0.15) is 5.10 Å². The molecular weight excluding hydrogens is 318 g/mol. The van der Waals surface area contributed by atoms with Gasteiger partial charge in [-0.15, -0.1) is 0 Å². The molecule has 25 heavy (non-hydrogen) atoms. The normalized spacial score (nSPS) is 13.7. The van der Waals surface area contributed by atoms with Crippen molar-refractivity contribution in [1.29, 1.82) is 0 Å². The Bertz CT molecular complexity index is 685. The van der Waals surface area contributed by atoms with Gasteiger partial charge < -0.3 is 19.5 Å². The third-order valence-corrected chi connectivity index (χ3v) is 4.19. The van der Waals surface area contributed by atoms with Gasteiger partial charge in [0, 0.05) is 51.1 Å². The maximum Gasteiger partial charge on any atom is 0.161 e. The number of benzene rings is 1. The van der Waals surface area contributed by atoms with Gasteiger partial charge in [0.2, 0.25) is 0 Å². The molecular formula is C19H27N3O3. The maximum atomic E-state index is 5.81. The summed E-state index contributed by atoms with van der Waals surface area (Å²) in [5.74, 6) is 1.62. The van der Waals surface area contributed by atoms with E-state index in [1.54, 1.807) is 7.11 Å². The third kappa shape index (κ3) is 4.74. The summed E-state index contributed by atoms with van der Waals surface area (Å²) in [5.41, 5.74) is 3.23. The quantitative estimate of drug-likeness (QED) is 0.746. The molecule has 1 N–H and O–H groups in total. The van der Waals surface area contributed by atoms with Crippen LogP contribution in [-0.2, 0) is 18.3 Å². The lowest BCUT2D eigenvalue weighted by Gasteiger charge is -2.10. The molecule has 6 nitrogen and oxygen atoms in total. The zero-order chi connectivity index (χ0) is 17.5. The fourth-order valence-electron chi connectivity index (χ4n) is 2.94. The number of hydrogen-bond acceptors (Lipinski definition) is 5. The zero-order valence-corrected chi connectivity index (χ0v) is 15.1. The summed E-state index contributed by atoms with van der Waals surface area (Å²) in [5, 5.41) is 8.13. The second kappa shape index (κ2) is 8.87. The van der Waals surface area contributed by atoms with Crippen LogP contribution in [0.2, 0.25) is 0 Å². The summed E-state index contributed by atoms with van der Waals surface area (Å²) < 4.78 is 18.5. The van der Waals surface area contributed by atoms with Gasteiger partial charge in [-0.3, -0.25) is 4.68 Å². The Kier molecular flexibility index (Phi) is 6.30. The minimum Gasteiger partial charge on any atom is -0.490 e. The molecule has 1 aromatic carbocycles. The number of rotatable bonds is 8. The molecule has 3 rings (SSSR count). The molecule has 0 radical (unpaired) electrons. The number of fused-ring (bicyclic) bond motifs is 1. The Balaban J connectivity index is 1.69. The number of methoxy groups -OCH3 is 1. The predicted molar refractivity (Wildman–Crippen MR) is 97.1 cm³/mol. The number of hydrogen-bond donors (Lipinski definition) is 1. The summed E-state index contributed by atoms with van der Waals surface area (Å²) in [6.45, 7) is 3.98. The largest absolute Gasteiger partial charge is 0.490 e. The molecule has 0 aliphatic carbocycles. The molecule has 1 aliphatic rings. The fraction of sp³-hybridized carbons (Fsp3) is 0.526. The Labute approximate surface area is 149 Å². The standard InChI is InChI=1S/C19H27N3O3/c1-22-14-16(13-20-8-3-4-9-23-2)19(21-22)15-6-7-17-18(12-15)25-11-5-10-24-17/h6-7,12,14,20H,3-5,8-11,13H2,1-2H3. The summed E-state index contributed by atoms with van der Waals surface area (Å²) in [4.78, 5) is 0. The number of nitrogens with one attached hydrogen (secondary N) is 1. The molecule has 1 aliphatic heterocycles. The van der Waals surface area contributed by atoms with Crippen molar-refractivity contribution in [2.24, 2.45) is 7.05 Å². The van der Waals surface area contributed by atoms with Crippen LogP contribution in [0.4, 0.5) is 0 Å². The van der Waals surface area contributed by atoms with Gasteiger partial charge in [-0.05, 0) is 37.6 Å². The SMILES string of the molecule is COCCCCNCc1cn(C)nc1-c1ccc2c(c1)OCCCO2. The van der Waals surface area contributed by atoms with Gasteiger partial charge in [0.25, 0.3) is 0 Å². The summed E-state index contributed by atoms with van der Waals surface area (Å²) >= 11 is 0. The van der Waals surface area contributed by atoms with Crippen molar-refractivity contribution < 1.29 is 14.2 Å². The first-order valence-corrected chi connectivity index (χ1v) is 8.90. The monoisotopic (exact) mass is 345 g/mol. The molecule has 2 aromatic rings. The first-order chi connectivity index (χ1) is 12.3. The van der Waals surface area contributed by atoms with Crippen molar-refractivity contribution in [1.82, 2.24) is 15.1 Å². The predicted octanol–water partition coefficient (Wildman–Crippen LogP) is 2.76. The van der Waals surface area contributed by atoms with Crippen LogP contribution < -0.4 is 14.8 Å². The minimum atomic E-state index is 0.689. The fourth-order valence-corrected chi connectivity index (χ4v) is 2.94. The highest BCUT2D eigenvalue weighted by molar-refractivity contribution is 5.66. The van der Waals surface area contributed by atoms with Crippen LogP contribution >= 0.6 is 0 Å². The molecule has 0 spiro atoms. The van der Waals surface area contributed by atoms with Crippen molar-refractivity contribution in [3.05, 3.63) is 30.0 Å². The zero-order valence-electron chi connectivity index (χ0n) is 15.1. The maximum absolute atomic E-state index is 5.81. The second-order valence-corrected chi connectivity index (χ2v) is 6.27. The smallest absolute Gasteiger partial charge is 0.161 e. The van der Waals surface area contributed by atoms with Crippen LogP contribution in [0.3, 0.4) is 0 Å². The lowest BCUT2D eigenvalue weighted by Crippen LogP contribution is -2.15. The van der Waals surface area contributed by atoms with E-state index in [0.717, 1.165) is 61.7 Å². The van der Waals surface area contributed by atoms with Crippen LogP contribution in [0.1, 0.15) is 24.8 Å². The lowest BCUT2D eigenvalue weighted by atomic mass is 10.1. The molecule has 0 fully saturated rings. The average Bonchev–Trinajstić information content (AvgIpc) is 2.84. The van der Waals surface area contributed by atoms with E-state index in [4.69, 9.17) is 14.2 Å². The van der Waals surface area contributed by atoms with Crippen LogP contribution in [0.25, 0.3) is 11.3 Å². The number of aryl methyl sites for hydroxylation is 1. The summed E-state index contributed by atoms with van der Waals surface area (Å²) in [6.07, 6.45) is 5.16. The second-order valence-electron chi connectivity index (χ2n) is 6.27. The Morgan fingerprint density at radius 1 is 1.20 bits per heavy atom. The van der Waals surface area contributed by atoms with Crippen molar-refractivity contribution in [2.45, 2.75) is 25.8 Å². The van der Waals surface area contributed by atoms with E-state index < -0.39 is 0 Å². The number of ether oxygens (including phenoxy) is 3. The van der Waals surface area contributed by atoms with Gasteiger partial charge in [0.05, 0.1) is 18.9 Å². The molecule has 1 aromatic heterocycles. The van der Waals surface area contributed by atoms with E-state index >= 15 is 0 Å². The van der Waals surface area contributed by atoms with Crippen LogP contribution in [0, 0.1) is 0 Å². The number of unbranched alkanes of at least 4 members (excludes halogenated alkanes) is 1. The molecule has 0 saturated heterocycles. The molecule has 6 heteroatoms. The minimum absolute atomic E-state index is 0.689. The molecule has 0 bridgehead atoms. The highest BCUT2D eigenvalue weighted by atomic mass is 16.5. The number of nitrogens with zero attached hydrogens (tertiary/aromatic N) is 2. The molecule has 0 unspecified atom stereocenters. The van der Waals surface area contributed by atoms with Gasteiger partial charge in [0.15, 0.2) is 11.5 Å². The van der Waals surface area contributed by atoms with E-state index in [1.807, 2.05) is 23.9 Å². The van der Waals surface area contributed by atoms with Crippen LogP contribution in [0.15, 0.2) is 24.4 Å². The van der Waals surface area contributed by atoms with Crippen molar-refractivity contribution in [3.8, 4) is 22.8 Å². The van der Waals surface area contributed by atoms with E-state index in [1.165, 1.54) is 5.56 Å². The van der Waals surface area contributed by atoms with Crippen LogP contribution in [-0.4, -0.2) is 43.3 Å². The first-order valence-electron chi connectivity index (χ1n) is 8.90. The highest BCUT2D eigenvalue weighted by Gasteiger charge is 2.15. The number of aromatic nitrogens is 2. The molecule has 0 amide bonds. The van der Waals surface area contributed by atoms with Gasteiger partial charge in [-0.25, -0.2) is 0 Å². The third-order valence-electron chi connectivity index (χ3n) is 4.19. The summed E-state index contributed by atoms with van der Waals surface area (Å²) in [6, 6.07) is 6.07. The molecule has 136 valence electrons. The molecule has 0 saturated carbocycles. The van der Waals surface area contributed by atoms with Gasteiger partial charge >= 0.3 is 0 Å². The first kappa shape index (κ1) is 17.8. The Hall–Kier alpha value is -2.05. The van der Waals surface area contributed by atoms with E-state index in [-0.39, 0.29) is 0 Å². The van der Waals surface area contributed by atoms with Crippen molar-refractivity contribution >= 4 is 0 Å². The van der Waals surface area contributed by atoms with E-state index in [2.05, 4.69) is 22.7 Å². The Morgan fingerprint density at radius 2 is 2.04 bits per heavy atom. The van der Waals surface area contributed by atoms with E-state index in [9.17, 15) is 0 Å². The van der Waals surface area contributed by atoms with Crippen LogP contribution in [0.5, 0.6) is 11.5 Å². The Morgan fingerprint density at radius 3 is 2.88 bits per heavy atom. The van der Waals surface area contributed by atoms with E-state index in [0.29, 0.717) is 13.2 Å². The summed E-state index contributed by atoms with van der Waals surface area (Å²) in [7, 11) is 3.69.